The first-order chi connectivity index (χ1) is 8.68. The standard InChI is InChI=1S/C13H10N2O2S/c1-15-12(16)11(18-13(15)17)9-4-2-6-10-8(9)5-3-7-14-10/h2-7,11H,1H3. The molecule has 0 saturated carbocycles. The highest BCUT2D eigenvalue weighted by Gasteiger charge is 2.38. The third-order valence-corrected chi connectivity index (χ3v) is 4.18. The molecule has 1 aliphatic heterocycles. The minimum absolute atomic E-state index is 0.165. The highest BCUT2D eigenvalue weighted by Crippen LogP contribution is 2.40. The minimum Gasteiger partial charge on any atom is -0.275 e. The van der Waals surface area contributed by atoms with Crippen molar-refractivity contribution in [3.8, 4) is 0 Å². The molecule has 1 aromatic heterocycles. The largest absolute Gasteiger partial charge is 0.289 e. The first-order valence-corrected chi connectivity index (χ1v) is 6.38. The number of hydrogen-bond acceptors (Lipinski definition) is 4. The van der Waals surface area contributed by atoms with E-state index in [9.17, 15) is 9.59 Å². The lowest BCUT2D eigenvalue weighted by Crippen LogP contribution is -2.24. The van der Waals surface area contributed by atoms with Crippen molar-refractivity contribution >= 4 is 33.8 Å². The summed E-state index contributed by atoms with van der Waals surface area (Å²) in [5.41, 5.74) is 1.69. The van der Waals surface area contributed by atoms with E-state index in [4.69, 9.17) is 0 Å². The van der Waals surface area contributed by atoms with Crippen LogP contribution in [-0.2, 0) is 4.79 Å². The molecule has 2 heterocycles. The highest BCUT2D eigenvalue weighted by molar-refractivity contribution is 8.15. The number of pyridine rings is 1. The molecule has 1 saturated heterocycles. The lowest BCUT2D eigenvalue weighted by molar-refractivity contribution is -0.125. The van der Waals surface area contributed by atoms with E-state index in [1.54, 1.807) is 6.20 Å². The average molecular weight is 258 g/mol. The fourth-order valence-corrected chi connectivity index (χ4v) is 3.09. The van der Waals surface area contributed by atoms with Gasteiger partial charge < -0.3 is 0 Å². The second-order valence-electron chi connectivity index (χ2n) is 4.08. The van der Waals surface area contributed by atoms with E-state index in [0.717, 1.165) is 28.2 Å². The molecule has 0 spiro atoms. The van der Waals surface area contributed by atoms with Crippen molar-refractivity contribution in [3.63, 3.8) is 0 Å². The molecule has 1 unspecified atom stereocenters. The number of hydrogen-bond donors (Lipinski definition) is 0. The van der Waals surface area contributed by atoms with Crippen LogP contribution in [0.15, 0.2) is 36.5 Å². The molecule has 18 heavy (non-hydrogen) atoms. The Labute approximate surface area is 108 Å². The number of nitrogens with zero attached hydrogens (tertiary/aromatic N) is 2. The van der Waals surface area contributed by atoms with Gasteiger partial charge in [0.1, 0.15) is 5.25 Å². The third-order valence-electron chi connectivity index (χ3n) is 3.01. The summed E-state index contributed by atoms with van der Waals surface area (Å²) in [6, 6.07) is 9.40. The maximum atomic E-state index is 12.0. The van der Waals surface area contributed by atoms with Gasteiger partial charge in [0.05, 0.1) is 5.52 Å². The van der Waals surface area contributed by atoms with Gasteiger partial charge in [-0.15, -0.1) is 0 Å². The number of carbonyl (C=O) groups is 2. The SMILES string of the molecule is CN1C(=O)SC(c2cccc3ncccc23)C1=O. The normalized spacial score (nSPS) is 19.8. The Balaban J connectivity index is 2.16. The summed E-state index contributed by atoms with van der Waals surface area (Å²) in [6.45, 7) is 0. The number of aromatic nitrogens is 1. The van der Waals surface area contributed by atoms with E-state index in [0.29, 0.717) is 0 Å². The van der Waals surface area contributed by atoms with E-state index in [-0.39, 0.29) is 11.1 Å². The van der Waals surface area contributed by atoms with E-state index in [2.05, 4.69) is 4.98 Å². The summed E-state index contributed by atoms with van der Waals surface area (Å²) < 4.78 is 0. The summed E-state index contributed by atoms with van der Waals surface area (Å²) in [5, 5.41) is 0.273. The first kappa shape index (κ1) is 11.2. The van der Waals surface area contributed by atoms with Crippen molar-refractivity contribution in [2.75, 3.05) is 7.05 Å². The van der Waals surface area contributed by atoms with Crippen molar-refractivity contribution < 1.29 is 9.59 Å². The van der Waals surface area contributed by atoms with Gasteiger partial charge >= 0.3 is 0 Å². The quantitative estimate of drug-likeness (QED) is 0.789. The van der Waals surface area contributed by atoms with E-state index < -0.39 is 5.25 Å². The topological polar surface area (TPSA) is 50.3 Å². The Morgan fingerprint density at radius 1 is 1.22 bits per heavy atom. The molecule has 90 valence electrons. The van der Waals surface area contributed by atoms with Crippen LogP contribution >= 0.6 is 11.8 Å². The van der Waals surface area contributed by atoms with Crippen molar-refractivity contribution in [1.82, 2.24) is 9.88 Å². The molecule has 0 N–H and O–H groups in total. The van der Waals surface area contributed by atoms with E-state index >= 15 is 0 Å². The van der Waals surface area contributed by atoms with Crippen molar-refractivity contribution in [3.05, 3.63) is 42.1 Å². The van der Waals surface area contributed by atoms with Gasteiger partial charge in [0.15, 0.2) is 0 Å². The number of benzene rings is 1. The number of likely N-dealkylation sites (N-methyl/N-ethyl adjacent to an activating group) is 1. The number of imide groups is 1. The van der Waals surface area contributed by atoms with Crippen LogP contribution in [0.3, 0.4) is 0 Å². The van der Waals surface area contributed by atoms with Gasteiger partial charge in [-0.3, -0.25) is 19.5 Å². The van der Waals surface area contributed by atoms with Crippen LogP contribution in [0.4, 0.5) is 4.79 Å². The van der Waals surface area contributed by atoms with Crippen LogP contribution in [0.25, 0.3) is 10.9 Å². The van der Waals surface area contributed by atoms with Crippen LogP contribution < -0.4 is 0 Å². The summed E-state index contributed by atoms with van der Waals surface area (Å²) >= 11 is 1.06. The zero-order chi connectivity index (χ0) is 12.7. The van der Waals surface area contributed by atoms with E-state index in [1.807, 2.05) is 30.3 Å². The van der Waals surface area contributed by atoms with Crippen LogP contribution in [0.1, 0.15) is 10.8 Å². The van der Waals surface area contributed by atoms with Crippen LogP contribution in [-0.4, -0.2) is 28.1 Å². The zero-order valence-corrected chi connectivity index (χ0v) is 10.5. The van der Waals surface area contributed by atoms with Gasteiger partial charge in [-0.05, 0) is 29.5 Å². The van der Waals surface area contributed by atoms with Gasteiger partial charge in [0.2, 0.25) is 5.91 Å². The van der Waals surface area contributed by atoms with Crippen LogP contribution in [0.2, 0.25) is 0 Å². The Morgan fingerprint density at radius 3 is 2.78 bits per heavy atom. The van der Waals surface area contributed by atoms with Crippen molar-refractivity contribution in [1.29, 1.82) is 0 Å². The molecule has 0 aliphatic carbocycles. The van der Waals surface area contributed by atoms with E-state index in [1.165, 1.54) is 11.9 Å². The lowest BCUT2D eigenvalue weighted by atomic mass is 10.0. The molecule has 2 amide bonds. The highest BCUT2D eigenvalue weighted by atomic mass is 32.2. The van der Waals surface area contributed by atoms with Crippen LogP contribution in [0, 0.1) is 0 Å². The fraction of sp³-hybridized carbons (Fsp3) is 0.154. The molecule has 3 rings (SSSR count). The fourth-order valence-electron chi connectivity index (χ4n) is 2.05. The number of thioether (sulfide) groups is 1. The summed E-state index contributed by atoms with van der Waals surface area (Å²) in [6.07, 6.45) is 1.72. The van der Waals surface area contributed by atoms with Gasteiger partial charge in [-0.1, -0.05) is 18.2 Å². The van der Waals surface area contributed by atoms with Gasteiger partial charge in [-0.25, -0.2) is 0 Å². The first-order valence-electron chi connectivity index (χ1n) is 5.50. The second-order valence-corrected chi connectivity index (χ2v) is 5.13. The smallest absolute Gasteiger partial charge is 0.275 e. The van der Waals surface area contributed by atoms with Gasteiger partial charge in [0, 0.05) is 18.6 Å². The predicted octanol–water partition coefficient (Wildman–Crippen LogP) is 2.60. The zero-order valence-electron chi connectivity index (χ0n) is 9.66. The molecule has 4 nitrogen and oxygen atoms in total. The molecule has 1 aromatic carbocycles. The second kappa shape index (κ2) is 4.10. The predicted molar refractivity (Wildman–Crippen MR) is 70.2 cm³/mol. The Morgan fingerprint density at radius 2 is 2.06 bits per heavy atom. The molecule has 1 fully saturated rings. The Kier molecular flexibility index (Phi) is 2.56. The summed E-state index contributed by atoms with van der Waals surface area (Å²) in [4.78, 5) is 29.0. The van der Waals surface area contributed by atoms with Crippen molar-refractivity contribution in [2.45, 2.75) is 5.25 Å². The molecule has 2 aromatic rings. The number of fused-ring (bicyclic) bond motifs is 1. The number of rotatable bonds is 1. The molecular formula is C13H10N2O2S. The maximum absolute atomic E-state index is 12.0. The molecule has 1 aliphatic rings. The Hall–Kier alpha value is -1.88. The maximum Gasteiger partial charge on any atom is 0.289 e. The van der Waals surface area contributed by atoms with Crippen molar-refractivity contribution in [2.24, 2.45) is 0 Å². The van der Waals surface area contributed by atoms with Gasteiger partial charge in [0.25, 0.3) is 5.24 Å². The molecule has 0 bridgehead atoms. The minimum atomic E-state index is -0.449. The molecule has 1 atom stereocenters. The third kappa shape index (κ3) is 1.59. The number of amides is 2. The molecular weight excluding hydrogens is 248 g/mol. The summed E-state index contributed by atoms with van der Waals surface area (Å²) in [5.74, 6) is -0.165. The van der Waals surface area contributed by atoms with Gasteiger partial charge in [-0.2, -0.15) is 0 Å². The number of carbonyl (C=O) groups excluding carboxylic acids is 2. The monoisotopic (exact) mass is 258 g/mol. The Bertz CT molecular complexity index is 651. The molecule has 5 heteroatoms. The van der Waals surface area contributed by atoms with Crippen LogP contribution in [0.5, 0.6) is 0 Å². The lowest BCUT2D eigenvalue weighted by Gasteiger charge is -2.10. The summed E-state index contributed by atoms with van der Waals surface area (Å²) in [7, 11) is 1.51. The molecule has 0 radical (unpaired) electrons. The average Bonchev–Trinajstić information content (AvgIpc) is 2.66.